The lowest BCUT2D eigenvalue weighted by Gasteiger charge is -2.20. The summed E-state index contributed by atoms with van der Waals surface area (Å²) in [5.41, 5.74) is 1.70. The molecule has 2 atom stereocenters. The van der Waals surface area contributed by atoms with Crippen LogP contribution in [0.1, 0.15) is 29.6 Å². The number of aromatic nitrogens is 4. The Kier molecular flexibility index (Phi) is 6.13. The second-order valence-corrected chi connectivity index (χ2v) is 7.51. The minimum absolute atomic E-state index is 0.0636. The van der Waals surface area contributed by atoms with Crippen LogP contribution in [0.4, 0.5) is 0 Å². The van der Waals surface area contributed by atoms with E-state index in [0.717, 1.165) is 19.3 Å². The second kappa shape index (κ2) is 9.13. The first-order valence-electron chi connectivity index (χ1n) is 10.1. The predicted octanol–water partition coefficient (Wildman–Crippen LogP) is 2.59. The number of amides is 1. The fourth-order valence-corrected chi connectivity index (χ4v) is 3.94. The molecule has 0 radical (unpaired) electrons. The maximum atomic E-state index is 12.6. The molecule has 2 N–H and O–H groups in total. The Hall–Kier alpha value is -3.46. The number of carbonyl (C=O) groups is 1. The summed E-state index contributed by atoms with van der Waals surface area (Å²) in [6.45, 7) is 0.645. The summed E-state index contributed by atoms with van der Waals surface area (Å²) in [7, 11) is 3.21. The van der Waals surface area contributed by atoms with Crippen molar-refractivity contribution in [2.45, 2.75) is 25.3 Å². The molecule has 0 unspecified atom stereocenters. The van der Waals surface area contributed by atoms with E-state index < -0.39 is 0 Å². The molecular weight excluding hydrogens is 398 g/mol. The molecule has 0 aromatic carbocycles. The first-order valence-corrected chi connectivity index (χ1v) is 10.1. The highest BCUT2D eigenvalue weighted by Gasteiger charge is 2.28. The van der Waals surface area contributed by atoms with Crippen molar-refractivity contribution >= 4 is 5.91 Å². The van der Waals surface area contributed by atoms with Crippen molar-refractivity contribution in [1.82, 2.24) is 25.1 Å². The number of hydrogen-bond acceptors (Lipinski definition) is 7. The maximum absolute atomic E-state index is 12.6. The maximum Gasteiger partial charge on any atom is 0.253 e. The van der Waals surface area contributed by atoms with E-state index in [9.17, 15) is 9.90 Å². The molecular formula is C22H25N5O4. The van der Waals surface area contributed by atoms with Gasteiger partial charge in [0.1, 0.15) is 0 Å². The Bertz CT molecular complexity index is 1050. The lowest BCUT2D eigenvalue weighted by molar-refractivity contribution is 0.0898. The van der Waals surface area contributed by atoms with E-state index in [-0.39, 0.29) is 17.8 Å². The van der Waals surface area contributed by atoms with E-state index in [1.807, 2.05) is 0 Å². The molecule has 31 heavy (non-hydrogen) atoms. The first kappa shape index (κ1) is 20.8. The number of aromatic hydroxyl groups is 1. The van der Waals surface area contributed by atoms with Crippen molar-refractivity contribution < 1.29 is 19.4 Å². The van der Waals surface area contributed by atoms with Crippen molar-refractivity contribution in [2.75, 3.05) is 20.8 Å². The van der Waals surface area contributed by atoms with Gasteiger partial charge in [0.05, 0.1) is 31.0 Å². The minimum atomic E-state index is -0.165. The van der Waals surface area contributed by atoms with Crippen LogP contribution in [0.2, 0.25) is 0 Å². The van der Waals surface area contributed by atoms with Gasteiger partial charge in [0.15, 0.2) is 5.82 Å². The summed E-state index contributed by atoms with van der Waals surface area (Å²) in [5.74, 6) is 0.952. The average molecular weight is 423 g/mol. The van der Waals surface area contributed by atoms with Gasteiger partial charge in [0.25, 0.3) is 5.91 Å². The molecule has 0 bridgehead atoms. The van der Waals surface area contributed by atoms with Gasteiger partial charge < -0.3 is 19.9 Å². The smallest absolute Gasteiger partial charge is 0.253 e. The zero-order chi connectivity index (χ0) is 21.8. The van der Waals surface area contributed by atoms with Crippen LogP contribution < -0.4 is 10.1 Å². The van der Waals surface area contributed by atoms with Crippen LogP contribution >= 0.6 is 0 Å². The number of nitrogens with zero attached hydrogens (tertiary/aromatic N) is 4. The third-order valence-corrected chi connectivity index (χ3v) is 5.58. The van der Waals surface area contributed by atoms with Gasteiger partial charge in [-0.15, -0.1) is 0 Å². The Morgan fingerprint density at radius 1 is 1.23 bits per heavy atom. The van der Waals surface area contributed by atoms with E-state index in [1.54, 1.807) is 43.8 Å². The molecule has 3 aromatic rings. The van der Waals surface area contributed by atoms with Gasteiger partial charge in [0.2, 0.25) is 11.8 Å². The van der Waals surface area contributed by atoms with Gasteiger partial charge in [-0.1, -0.05) is 6.42 Å². The topological polar surface area (TPSA) is 111 Å². The monoisotopic (exact) mass is 423 g/mol. The molecule has 1 amide bonds. The van der Waals surface area contributed by atoms with Gasteiger partial charge in [-0.25, -0.2) is 9.97 Å². The van der Waals surface area contributed by atoms with Crippen LogP contribution in [0.3, 0.4) is 0 Å². The normalized spacial score (nSPS) is 18.1. The molecule has 0 spiro atoms. The van der Waals surface area contributed by atoms with Crippen molar-refractivity contribution in [3.05, 3.63) is 48.4 Å². The van der Waals surface area contributed by atoms with Crippen molar-refractivity contribution in [1.29, 1.82) is 0 Å². The third kappa shape index (κ3) is 4.36. The van der Waals surface area contributed by atoms with Crippen molar-refractivity contribution in [3.8, 4) is 28.7 Å². The summed E-state index contributed by atoms with van der Waals surface area (Å²) in [6.07, 6.45) is 7.72. The average Bonchev–Trinajstić information content (AvgIpc) is 3.40. The molecule has 9 nitrogen and oxygen atoms in total. The number of hydrogen-bond donors (Lipinski definition) is 2. The Balaban J connectivity index is 1.49. The van der Waals surface area contributed by atoms with E-state index >= 15 is 0 Å². The fraction of sp³-hybridized carbons (Fsp3) is 0.364. The Morgan fingerprint density at radius 3 is 2.84 bits per heavy atom. The minimum Gasteiger partial charge on any atom is -0.493 e. The van der Waals surface area contributed by atoms with Crippen LogP contribution in [0.5, 0.6) is 11.8 Å². The summed E-state index contributed by atoms with van der Waals surface area (Å²) in [5, 5.41) is 18.0. The van der Waals surface area contributed by atoms with Crippen molar-refractivity contribution in [2.24, 2.45) is 5.92 Å². The van der Waals surface area contributed by atoms with Crippen LogP contribution in [-0.2, 0) is 4.74 Å². The second-order valence-electron chi connectivity index (χ2n) is 7.51. The highest BCUT2D eigenvalue weighted by Crippen LogP contribution is 2.31. The van der Waals surface area contributed by atoms with Crippen molar-refractivity contribution in [3.63, 3.8) is 0 Å². The van der Waals surface area contributed by atoms with Gasteiger partial charge in [-0.3, -0.25) is 4.79 Å². The lowest BCUT2D eigenvalue weighted by atomic mass is 10.0. The third-order valence-electron chi connectivity index (χ3n) is 5.58. The van der Waals surface area contributed by atoms with E-state index in [1.165, 1.54) is 18.0 Å². The summed E-state index contributed by atoms with van der Waals surface area (Å²) in [4.78, 5) is 21.0. The molecule has 0 saturated heterocycles. The zero-order valence-corrected chi connectivity index (χ0v) is 17.5. The summed E-state index contributed by atoms with van der Waals surface area (Å²) >= 11 is 0. The molecule has 4 rings (SSSR count). The number of carbonyl (C=O) groups excluding carboxylic acids is 1. The predicted molar refractivity (Wildman–Crippen MR) is 113 cm³/mol. The summed E-state index contributed by atoms with van der Waals surface area (Å²) < 4.78 is 11.7. The molecule has 3 aromatic heterocycles. The number of rotatable bonds is 7. The van der Waals surface area contributed by atoms with Gasteiger partial charge in [-0.2, -0.15) is 9.78 Å². The zero-order valence-electron chi connectivity index (χ0n) is 17.5. The highest BCUT2D eigenvalue weighted by atomic mass is 16.5. The standard InChI is InChI=1S/C22H25N5O4/c1-30-13-16-4-3-5-18(16)26-21(28)15-6-7-19(24-11-15)27-22(29)17(12-25-27)14-8-9-23-20(10-14)31-2/h6-12,16,18,29H,3-5,13H2,1-2H3,(H,26,28)/t16-,18-/m1/s1. The van der Waals surface area contributed by atoms with Crippen LogP contribution in [0.15, 0.2) is 42.9 Å². The quantitative estimate of drug-likeness (QED) is 0.601. The SMILES string of the molecule is COC[C@H]1CCC[C@H]1NC(=O)c1ccc(-n2ncc(-c3ccnc(OC)c3)c2O)nc1. The van der Waals surface area contributed by atoms with E-state index in [0.29, 0.717) is 40.9 Å². The van der Waals surface area contributed by atoms with Crippen LogP contribution in [0.25, 0.3) is 16.9 Å². The highest BCUT2D eigenvalue weighted by molar-refractivity contribution is 5.94. The van der Waals surface area contributed by atoms with E-state index in [2.05, 4.69) is 20.4 Å². The van der Waals surface area contributed by atoms with Gasteiger partial charge >= 0.3 is 0 Å². The first-order chi connectivity index (χ1) is 15.1. The Labute approximate surface area is 180 Å². The lowest BCUT2D eigenvalue weighted by Crippen LogP contribution is -2.38. The largest absolute Gasteiger partial charge is 0.493 e. The molecule has 3 heterocycles. The number of methoxy groups -OCH3 is 2. The van der Waals surface area contributed by atoms with Gasteiger partial charge in [-0.05, 0) is 36.6 Å². The van der Waals surface area contributed by atoms with Crippen LogP contribution in [0, 0.1) is 5.92 Å². The molecule has 1 aliphatic carbocycles. The molecule has 1 aliphatic rings. The number of ether oxygens (including phenoxy) is 2. The number of nitrogens with one attached hydrogen (secondary N) is 1. The fourth-order valence-electron chi connectivity index (χ4n) is 3.94. The molecule has 9 heteroatoms. The molecule has 1 saturated carbocycles. The molecule has 1 fully saturated rings. The number of pyridine rings is 2. The molecule has 0 aliphatic heterocycles. The Morgan fingerprint density at radius 2 is 2.10 bits per heavy atom. The van der Waals surface area contributed by atoms with E-state index in [4.69, 9.17) is 9.47 Å². The summed E-state index contributed by atoms with van der Waals surface area (Å²) in [6, 6.07) is 6.90. The van der Waals surface area contributed by atoms with Gasteiger partial charge in [0, 0.05) is 37.5 Å². The van der Waals surface area contributed by atoms with Crippen LogP contribution in [-0.4, -0.2) is 57.6 Å². The molecule has 162 valence electrons.